The molecular formula is C26H30N4O4. The first-order valence-electron chi connectivity index (χ1n) is 11.8. The number of benzene rings is 2. The number of nitrogens with zero attached hydrogens (tertiary/aromatic N) is 3. The summed E-state index contributed by atoms with van der Waals surface area (Å²) in [7, 11) is 0. The zero-order valence-corrected chi connectivity index (χ0v) is 19.6. The number of nitrogens with two attached hydrogens (primary N) is 1. The third-order valence-corrected chi connectivity index (χ3v) is 6.99. The lowest BCUT2D eigenvalue weighted by atomic mass is 9.95. The maximum absolute atomic E-state index is 13.5. The van der Waals surface area contributed by atoms with E-state index >= 15 is 0 Å². The first-order chi connectivity index (χ1) is 16.4. The molecule has 8 nitrogen and oxygen atoms in total. The van der Waals surface area contributed by atoms with Crippen LogP contribution in [0.5, 0.6) is 11.5 Å². The Morgan fingerprint density at radius 1 is 1.06 bits per heavy atom. The van der Waals surface area contributed by atoms with Crippen LogP contribution in [0.4, 0.5) is 0 Å². The Morgan fingerprint density at radius 2 is 1.82 bits per heavy atom. The normalized spacial score (nSPS) is 20.5. The van der Waals surface area contributed by atoms with Crippen LogP contribution in [0.3, 0.4) is 0 Å². The van der Waals surface area contributed by atoms with Crippen LogP contribution in [-0.4, -0.2) is 53.9 Å². The van der Waals surface area contributed by atoms with Crippen molar-refractivity contribution in [3.63, 3.8) is 0 Å². The molecule has 1 saturated heterocycles. The summed E-state index contributed by atoms with van der Waals surface area (Å²) in [4.78, 5) is 27.1. The van der Waals surface area contributed by atoms with Gasteiger partial charge in [0.15, 0.2) is 11.5 Å². The third kappa shape index (κ3) is 4.37. The van der Waals surface area contributed by atoms with E-state index in [1.54, 1.807) is 5.01 Å². The van der Waals surface area contributed by atoms with Crippen molar-refractivity contribution in [2.75, 3.05) is 26.4 Å². The van der Waals surface area contributed by atoms with Crippen LogP contribution in [0.15, 0.2) is 41.5 Å². The summed E-state index contributed by atoms with van der Waals surface area (Å²) in [6.07, 6.45) is 2.00. The lowest BCUT2D eigenvalue weighted by Crippen LogP contribution is -2.44. The summed E-state index contributed by atoms with van der Waals surface area (Å²) in [5.74, 6) is 0.996. The second kappa shape index (κ2) is 9.10. The van der Waals surface area contributed by atoms with E-state index in [2.05, 4.69) is 36.9 Å². The molecule has 0 radical (unpaired) electrons. The molecule has 1 unspecified atom stereocenters. The van der Waals surface area contributed by atoms with Crippen LogP contribution in [0.1, 0.15) is 47.6 Å². The fourth-order valence-corrected chi connectivity index (χ4v) is 5.06. The zero-order valence-electron chi connectivity index (χ0n) is 19.6. The van der Waals surface area contributed by atoms with Gasteiger partial charge in [-0.25, -0.2) is 5.01 Å². The van der Waals surface area contributed by atoms with Gasteiger partial charge in [-0.1, -0.05) is 29.8 Å². The van der Waals surface area contributed by atoms with Crippen LogP contribution in [0, 0.1) is 19.8 Å². The molecule has 2 aromatic rings. The molecule has 0 saturated carbocycles. The Balaban J connectivity index is 1.40. The van der Waals surface area contributed by atoms with Crippen molar-refractivity contribution in [3.05, 3.63) is 58.7 Å². The lowest BCUT2D eigenvalue weighted by Gasteiger charge is -2.31. The van der Waals surface area contributed by atoms with Crippen LogP contribution >= 0.6 is 0 Å². The van der Waals surface area contributed by atoms with E-state index in [1.807, 2.05) is 18.2 Å². The number of ether oxygens (including phenoxy) is 2. The van der Waals surface area contributed by atoms with Crippen molar-refractivity contribution in [2.24, 2.45) is 16.8 Å². The first-order valence-corrected chi connectivity index (χ1v) is 11.8. The SMILES string of the molecule is Cc1ccc(C2=NN(C(=O)CN3CCC(C(N)=O)CC3)C(c3ccc4c(c3)OCO4)C2)c(C)c1. The number of hydrazone groups is 1. The summed E-state index contributed by atoms with van der Waals surface area (Å²) < 4.78 is 11.0. The molecule has 3 heterocycles. The van der Waals surface area contributed by atoms with Gasteiger partial charge in [0.25, 0.3) is 5.91 Å². The zero-order chi connectivity index (χ0) is 23.8. The van der Waals surface area contributed by atoms with E-state index < -0.39 is 0 Å². The third-order valence-electron chi connectivity index (χ3n) is 6.99. The van der Waals surface area contributed by atoms with Crippen LogP contribution in [0.25, 0.3) is 0 Å². The van der Waals surface area contributed by atoms with Gasteiger partial charge < -0.3 is 15.2 Å². The summed E-state index contributed by atoms with van der Waals surface area (Å²) in [5, 5.41) is 6.47. The van der Waals surface area contributed by atoms with Crippen LogP contribution in [-0.2, 0) is 9.59 Å². The fraction of sp³-hybridized carbons (Fsp3) is 0.423. The van der Waals surface area contributed by atoms with E-state index in [4.69, 9.17) is 20.3 Å². The maximum atomic E-state index is 13.5. The quantitative estimate of drug-likeness (QED) is 0.737. The average Bonchev–Trinajstić information content (AvgIpc) is 3.46. The van der Waals surface area contributed by atoms with Gasteiger partial charge in [-0.3, -0.25) is 14.5 Å². The fourth-order valence-electron chi connectivity index (χ4n) is 5.06. The predicted octanol–water partition coefficient (Wildman–Crippen LogP) is 2.91. The number of hydrogen-bond donors (Lipinski definition) is 1. The Morgan fingerprint density at radius 3 is 2.56 bits per heavy atom. The number of fused-ring (bicyclic) bond motifs is 1. The summed E-state index contributed by atoms with van der Waals surface area (Å²) in [6, 6.07) is 11.9. The van der Waals surface area contributed by atoms with Gasteiger partial charge in [0.1, 0.15) is 0 Å². The molecular weight excluding hydrogens is 432 g/mol. The van der Waals surface area contributed by atoms with Crippen molar-refractivity contribution in [1.82, 2.24) is 9.91 Å². The van der Waals surface area contributed by atoms with E-state index in [1.165, 1.54) is 5.56 Å². The molecule has 8 heteroatoms. The lowest BCUT2D eigenvalue weighted by molar-refractivity contribution is -0.134. The number of amides is 2. The number of aryl methyl sites for hydroxylation is 2. The topological polar surface area (TPSA) is 97.5 Å². The number of likely N-dealkylation sites (tertiary alicyclic amines) is 1. The maximum Gasteiger partial charge on any atom is 0.257 e. The number of rotatable bonds is 5. The second-order valence-electron chi connectivity index (χ2n) is 9.39. The van der Waals surface area contributed by atoms with E-state index in [0.29, 0.717) is 43.9 Å². The van der Waals surface area contributed by atoms with Gasteiger partial charge in [0, 0.05) is 17.9 Å². The highest BCUT2D eigenvalue weighted by molar-refractivity contribution is 6.04. The highest BCUT2D eigenvalue weighted by Gasteiger charge is 2.35. The number of carbonyl (C=O) groups is 2. The molecule has 5 rings (SSSR count). The van der Waals surface area contributed by atoms with Crippen molar-refractivity contribution in [1.29, 1.82) is 0 Å². The minimum absolute atomic E-state index is 0.0556. The number of carbonyl (C=O) groups excluding carboxylic acids is 2. The number of primary amides is 1. The molecule has 0 spiro atoms. The van der Waals surface area contributed by atoms with Crippen LogP contribution < -0.4 is 15.2 Å². The minimum Gasteiger partial charge on any atom is -0.454 e. The molecule has 0 aromatic heterocycles. The molecule has 178 valence electrons. The molecule has 2 aromatic carbocycles. The summed E-state index contributed by atoms with van der Waals surface area (Å²) in [5.41, 5.74) is 10.7. The van der Waals surface area contributed by atoms with Crippen molar-refractivity contribution in [3.8, 4) is 11.5 Å². The molecule has 0 aliphatic carbocycles. The van der Waals surface area contributed by atoms with Crippen molar-refractivity contribution < 1.29 is 19.1 Å². The number of piperidine rings is 1. The molecule has 1 fully saturated rings. The first kappa shape index (κ1) is 22.4. The molecule has 3 aliphatic rings. The van der Waals surface area contributed by atoms with E-state index in [-0.39, 0.29) is 37.1 Å². The second-order valence-corrected chi connectivity index (χ2v) is 9.39. The number of hydrogen-bond acceptors (Lipinski definition) is 6. The van der Waals surface area contributed by atoms with Crippen LogP contribution in [0.2, 0.25) is 0 Å². The van der Waals surface area contributed by atoms with Crippen molar-refractivity contribution in [2.45, 2.75) is 39.2 Å². The average molecular weight is 463 g/mol. The Labute approximate surface area is 199 Å². The highest BCUT2D eigenvalue weighted by atomic mass is 16.7. The van der Waals surface area contributed by atoms with Gasteiger partial charge >= 0.3 is 0 Å². The van der Waals surface area contributed by atoms with Gasteiger partial charge in [-0.05, 0) is 63.0 Å². The van der Waals surface area contributed by atoms with Gasteiger partial charge in [-0.2, -0.15) is 5.10 Å². The highest BCUT2D eigenvalue weighted by Crippen LogP contribution is 2.39. The molecule has 1 atom stereocenters. The molecule has 34 heavy (non-hydrogen) atoms. The largest absolute Gasteiger partial charge is 0.454 e. The molecule has 0 bridgehead atoms. The van der Waals surface area contributed by atoms with Gasteiger partial charge in [0.2, 0.25) is 12.7 Å². The summed E-state index contributed by atoms with van der Waals surface area (Å²) >= 11 is 0. The Bertz CT molecular complexity index is 1150. The smallest absolute Gasteiger partial charge is 0.257 e. The summed E-state index contributed by atoms with van der Waals surface area (Å²) in [6.45, 7) is 5.96. The van der Waals surface area contributed by atoms with E-state index in [9.17, 15) is 9.59 Å². The monoisotopic (exact) mass is 462 g/mol. The van der Waals surface area contributed by atoms with E-state index in [0.717, 1.165) is 22.4 Å². The van der Waals surface area contributed by atoms with Gasteiger partial charge in [-0.15, -0.1) is 0 Å². The molecule has 3 aliphatic heterocycles. The Kier molecular flexibility index (Phi) is 6.00. The Hall–Kier alpha value is -3.39. The minimum atomic E-state index is -0.254. The standard InChI is InChI=1S/C26H30N4O4/c1-16-3-5-20(17(2)11-16)21-13-22(19-4-6-23-24(12-19)34-15-33-23)30(28-21)25(31)14-29-9-7-18(8-10-29)26(27)32/h3-6,11-12,18,22H,7-10,13-15H2,1-2H3,(H2,27,32). The molecule has 2 amide bonds. The predicted molar refractivity (Wildman–Crippen MR) is 128 cm³/mol. The van der Waals surface area contributed by atoms with Crippen molar-refractivity contribution >= 4 is 17.5 Å². The molecule has 2 N–H and O–H groups in total. The van der Waals surface area contributed by atoms with Gasteiger partial charge in [0.05, 0.1) is 18.3 Å².